The Kier molecular flexibility index (Phi) is 8.70. The third-order valence-electron chi connectivity index (χ3n) is 8.63. The number of carbonyl (C=O) groups excluding carboxylic acids is 1. The van der Waals surface area contributed by atoms with Gasteiger partial charge in [-0.15, -0.1) is 0 Å². The molecule has 8 atom stereocenters. The molecule has 6 nitrogen and oxygen atoms in total. The molecule has 2 saturated carbocycles. The van der Waals surface area contributed by atoms with Gasteiger partial charge in [0, 0.05) is 26.3 Å². The molecule has 0 amide bonds. The monoisotopic (exact) mass is 447 g/mol. The van der Waals surface area contributed by atoms with Crippen LogP contribution in [0, 0.1) is 35.0 Å². The molecule has 2 aliphatic rings. The molecular weight excluding hydrogens is 406 g/mol. The highest BCUT2D eigenvalue weighted by Crippen LogP contribution is 2.56. The first-order chi connectivity index (χ1) is 15.3. The predicted molar refractivity (Wildman–Crippen MR) is 122 cm³/mol. The molecule has 0 saturated heterocycles. The van der Waals surface area contributed by atoms with Crippen LogP contribution < -0.4 is 0 Å². The Balaban J connectivity index is 1.73. The van der Waals surface area contributed by atoms with Gasteiger partial charge >= 0.3 is 5.97 Å². The second-order valence-corrected chi connectivity index (χ2v) is 10.4. The molecule has 2 fully saturated rings. The highest BCUT2D eigenvalue weighted by Gasteiger charge is 2.51. The van der Waals surface area contributed by atoms with Crippen LogP contribution in [0.15, 0.2) is 24.4 Å². The van der Waals surface area contributed by atoms with Crippen LogP contribution in [0.25, 0.3) is 0 Å². The van der Waals surface area contributed by atoms with Crippen LogP contribution >= 0.6 is 0 Å². The minimum absolute atomic E-state index is 0.0489. The van der Waals surface area contributed by atoms with Gasteiger partial charge in [0.2, 0.25) is 0 Å². The number of hydrogen-bond acceptors (Lipinski definition) is 6. The van der Waals surface area contributed by atoms with Crippen molar-refractivity contribution in [2.75, 3.05) is 13.2 Å². The zero-order chi connectivity index (χ0) is 23.3. The van der Waals surface area contributed by atoms with E-state index in [1.54, 1.807) is 6.20 Å². The Hall–Kier alpha value is -1.50. The minimum Gasteiger partial charge on any atom is -0.463 e. The Bertz CT molecular complexity index is 728. The predicted octanol–water partition coefficient (Wildman–Crippen LogP) is 3.90. The van der Waals surface area contributed by atoms with Crippen LogP contribution in [0.3, 0.4) is 0 Å². The Morgan fingerprint density at radius 1 is 1.22 bits per heavy atom. The molecule has 1 aromatic heterocycles. The Morgan fingerprint density at radius 3 is 2.62 bits per heavy atom. The molecule has 6 heteroatoms. The fourth-order valence-electron chi connectivity index (χ4n) is 6.74. The van der Waals surface area contributed by atoms with Crippen molar-refractivity contribution in [1.82, 2.24) is 4.98 Å². The lowest BCUT2D eigenvalue weighted by Crippen LogP contribution is -2.50. The van der Waals surface area contributed by atoms with E-state index in [-0.39, 0.29) is 42.5 Å². The highest BCUT2D eigenvalue weighted by atomic mass is 16.5. The molecular formula is C26H41NO5. The summed E-state index contributed by atoms with van der Waals surface area (Å²) < 4.78 is 5.47. The number of rotatable bonds is 8. The van der Waals surface area contributed by atoms with Gasteiger partial charge in [-0.05, 0) is 85.7 Å². The molecule has 8 unspecified atom stereocenters. The summed E-state index contributed by atoms with van der Waals surface area (Å²) in [4.78, 5) is 15.7. The number of aliphatic hydroxyl groups is 3. The van der Waals surface area contributed by atoms with Crippen molar-refractivity contribution in [2.45, 2.75) is 77.9 Å². The van der Waals surface area contributed by atoms with E-state index >= 15 is 0 Å². The number of ether oxygens (including phenoxy) is 1. The van der Waals surface area contributed by atoms with Crippen molar-refractivity contribution in [2.24, 2.45) is 35.0 Å². The second kappa shape index (κ2) is 11.1. The van der Waals surface area contributed by atoms with Gasteiger partial charge in [-0.1, -0.05) is 26.3 Å². The third kappa shape index (κ3) is 5.52. The summed E-state index contributed by atoms with van der Waals surface area (Å²) in [7, 11) is 0. The summed E-state index contributed by atoms with van der Waals surface area (Å²) in [6.07, 6.45) is 6.95. The van der Waals surface area contributed by atoms with Crippen LogP contribution in [0.4, 0.5) is 0 Å². The molecule has 3 rings (SSSR count). The smallest absolute Gasteiger partial charge is 0.302 e. The number of aliphatic hydroxyl groups excluding tert-OH is 3. The summed E-state index contributed by atoms with van der Waals surface area (Å²) in [5, 5.41) is 31.4. The van der Waals surface area contributed by atoms with Gasteiger partial charge in [-0.25, -0.2) is 0 Å². The van der Waals surface area contributed by atoms with E-state index in [0.29, 0.717) is 36.3 Å². The molecule has 2 aliphatic carbocycles. The second-order valence-electron chi connectivity index (χ2n) is 10.4. The molecule has 0 aliphatic heterocycles. The van der Waals surface area contributed by atoms with Crippen molar-refractivity contribution in [3.63, 3.8) is 0 Å². The van der Waals surface area contributed by atoms with E-state index in [4.69, 9.17) is 4.74 Å². The van der Waals surface area contributed by atoms with Gasteiger partial charge in [0.1, 0.15) is 6.10 Å². The lowest BCUT2D eigenvalue weighted by Gasteiger charge is -2.54. The minimum atomic E-state index is -0.594. The van der Waals surface area contributed by atoms with Gasteiger partial charge in [-0.3, -0.25) is 9.78 Å². The highest BCUT2D eigenvalue weighted by molar-refractivity contribution is 5.66. The molecule has 3 N–H and O–H groups in total. The summed E-state index contributed by atoms with van der Waals surface area (Å²) in [6, 6.07) is 5.60. The average molecular weight is 448 g/mol. The zero-order valence-corrected chi connectivity index (χ0v) is 19.8. The van der Waals surface area contributed by atoms with E-state index in [9.17, 15) is 20.1 Å². The topological polar surface area (TPSA) is 99.9 Å². The van der Waals surface area contributed by atoms with Crippen LogP contribution in [0.2, 0.25) is 0 Å². The molecule has 1 aromatic rings. The fraction of sp³-hybridized carbons (Fsp3) is 0.769. The number of pyridine rings is 1. The summed E-state index contributed by atoms with van der Waals surface area (Å²) >= 11 is 0. The molecule has 0 radical (unpaired) electrons. The van der Waals surface area contributed by atoms with E-state index in [1.807, 2.05) is 18.2 Å². The van der Waals surface area contributed by atoms with Gasteiger partial charge in [0.25, 0.3) is 0 Å². The zero-order valence-electron chi connectivity index (χ0n) is 19.8. The van der Waals surface area contributed by atoms with Crippen molar-refractivity contribution in [3.8, 4) is 0 Å². The average Bonchev–Trinajstić information content (AvgIpc) is 2.79. The number of esters is 1. The lowest BCUT2D eigenvalue weighted by molar-refractivity contribution is -0.155. The van der Waals surface area contributed by atoms with Gasteiger partial charge < -0.3 is 20.1 Å². The maximum Gasteiger partial charge on any atom is 0.302 e. The van der Waals surface area contributed by atoms with Gasteiger partial charge in [0.15, 0.2) is 0 Å². The van der Waals surface area contributed by atoms with Crippen LogP contribution in [0.5, 0.6) is 0 Å². The third-order valence-corrected chi connectivity index (χ3v) is 8.63. The summed E-state index contributed by atoms with van der Waals surface area (Å²) in [5.41, 5.74) is 0.598. The standard InChI is InChI=1S/C26H41NO5/c1-17-7-9-23(26(3)12-11-20(32-18(2)30)14-19(26)15-28)22(16-29)21(17)8-10-25(31)24-6-4-5-13-27-24/h4-6,13,17,19-23,25,28-29,31H,7-12,14-16H2,1-3H3. The molecule has 0 bridgehead atoms. The molecule has 1 heterocycles. The first-order valence-electron chi connectivity index (χ1n) is 12.3. The van der Waals surface area contributed by atoms with Crippen molar-refractivity contribution < 1.29 is 24.9 Å². The molecule has 180 valence electrons. The van der Waals surface area contributed by atoms with E-state index in [2.05, 4.69) is 18.8 Å². The van der Waals surface area contributed by atoms with Crippen molar-refractivity contribution in [3.05, 3.63) is 30.1 Å². The maximum absolute atomic E-state index is 11.4. The van der Waals surface area contributed by atoms with Crippen molar-refractivity contribution in [1.29, 1.82) is 0 Å². The van der Waals surface area contributed by atoms with Crippen molar-refractivity contribution >= 4 is 5.97 Å². The number of hydrogen-bond donors (Lipinski definition) is 3. The SMILES string of the molecule is CC(=O)OC1CCC(C)(C2CCC(C)C(CCC(O)c3ccccn3)C2CO)C(CO)C1. The van der Waals surface area contributed by atoms with E-state index < -0.39 is 6.10 Å². The van der Waals surface area contributed by atoms with E-state index in [0.717, 1.165) is 32.1 Å². The maximum atomic E-state index is 11.4. The lowest BCUT2D eigenvalue weighted by atomic mass is 9.51. The molecule has 0 aromatic carbocycles. The Labute approximate surface area is 192 Å². The van der Waals surface area contributed by atoms with Gasteiger partial charge in [-0.2, -0.15) is 0 Å². The molecule has 32 heavy (non-hydrogen) atoms. The largest absolute Gasteiger partial charge is 0.463 e. The number of nitrogens with zero attached hydrogens (tertiary/aromatic N) is 1. The van der Waals surface area contributed by atoms with E-state index in [1.165, 1.54) is 6.92 Å². The van der Waals surface area contributed by atoms with Gasteiger partial charge in [0.05, 0.1) is 11.8 Å². The first-order valence-corrected chi connectivity index (χ1v) is 12.3. The van der Waals surface area contributed by atoms with Crippen LogP contribution in [-0.4, -0.2) is 45.6 Å². The number of aromatic nitrogens is 1. The Morgan fingerprint density at radius 2 is 2.00 bits per heavy atom. The summed E-state index contributed by atoms with van der Waals surface area (Å²) in [5.74, 6) is 1.02. The fourth-order valence-corrected chi connectivity index (χ4v) is 6.74. The van der Waals surface area contributed by atoms with Crippen LogP contribution in [0.1, 0.15) is 77.5 Å². The first kappa shape index (κ1) is 25.1. The quantitative estimate of drug-likeness (QED) is 0.523. The normalized spacial score (nSPS) is 36.4. The molecule has 0 spiro atoms. The number of carbonyl (C=O) groups is 1. The summed E-state index contributed by atoms with van der Waals surface area (Å²) in [6.45, 7) is 6.17. The van der Waals surface area contributed by atoms with Crippen LogP contribution in [-0.2, 0) is 9.53 Å².